The summed E-state index contributed by atoms with van der Waals surface area (Å²) in [6.07, 6.45) is 6.58. The van der Waals surface area contributed by atoms with Gasteiger partial charge in [0.05, 0.1) is 19.8 Å². The van der Waals surface area contributed by atoms with E-state index in [9.17, 15) is 0 Å². The number of aliphatic imine (C=N–C) groups is 1. The predicted octanol–water partition coefficient (Wildman–Crippen LogP) is 3.09. The molecule has 1 aromatic rings. The Bertz CT molecular complexity index is 454. The van der Waals surface area contributed by atoms with Crippen molar-refractivity contribution in [1.29, 1.82) is 0 Å². The normalized spacial score (nSPS) is 14.7. The van der Waals surface area contributed by atoms with Crippen LogP contribution in [-0.4, -0.2) is 31.7 Å². The van der Waals surface area contributed by atoms with Gasteiger partial charge < -0.3 is 15.4 Å². The minimum Gasteiger partial charge on any atom is -0.375 e. The van der Waals surface area contributed by atoms with Gasteiger partial charge in [0.1, 0.15) is 0 Å². The Balaban J connectivity index is 0.00000242. The molecule has 0 spiro atoms. The van der Waals surface area contributed by atoms with Crippen LogP contribution in [0.25, 0.3) is 0 Å². The largest absolute Gasteiger partial charge is 0.375 e. The van der Waals surface area contributed by atoms with Crippen molar-refractivity contribution < 1.29 is 4.74 Å². The topological polar surface area (TPSA) is 45.7 Å². The van der Waals surface area contributed by atoms with E-state index in [1.54, 1.807) is 0 Å². The summed E-state index contributed by atoms with van der Waals surface area (Å²) in [7, 11) is 0. The number of nitrogens with zero attached hydrogens (tertiary/aromatic N) is 1. The van der Waals surface area contributed by atoms with Crippen molar-refractivity contribution in [2.45, 2.75) is 32.4 Å². The van der Waals surface area contributed by atoms with Gasteiger partial charge in [0.15, 0.2) is 5.96 Å². The molecule has 0 heterocycles. The van der Waals surface area contributed by atoms with Crippen LogP contribution in [0.4, 0.5) is 0 Å². The number of rotatable bonds is 7. The SMILES string of the molecule is CCNC(=NCCOCc1ccccc1)NC1CC=CC1.I. The van der Waals surface area contributed by atoms with Crippen molar-refractivity contribution in [2.75, 3.05) is 19.7 Å². The van der Waals surface area contributed by atoms with Crippen molar-refractivity contribution in [3.63, 3.8) is 0 Å². The van der Waals surface area contributed by atoms with Crippen molar-refractivity contribution >= 4 is 29.9 Å². The highest BCUT2D eigenvalue weighted by Gasteiger charge is 2.11. The summed E-state index contributed by atoms with van der Waals surface area (Å²) in [6, 6.07) is 10.7. The zero-order chi connectivity index (χ0) is 14.8. The maximum Gasteiger partial charge on any atom is 0.191 e. The Hall–Kier alpha value is -1.08. The number of guanidine groups is 1. The summed E-state index contributed by atoms with van der Waals surface area (Å²) in [5, 5.41) is 6.72. The molecule has 2 N–H and O–H groups in total. The van der Waals surface area contributed by atoms with Crippen molar-refractivity contribution in [3.8, 4) is 0 Å². The highest BCUT2D eigenvalue weighted by molar-refractivity contribution is 14.0. The molecule has 22 heavy (non-hydrogen) atoms. The van der Waals surface area contributed by atoms with E-state index in [4.69, 9.17) is 4.74 Å². The third-order valence-electron chi connectivity index (χ3n) is 3.31. The van der Waals surface area contributed by atoms with Gasteiger partial charge in [-0.25, -0.2) is 0 Å². The summed E-state index contributed by atoms with van der Waals surface area (Å²) in [4.78, 5) is 4.55. The van der Waals surface area contributed by atoms with E-state index >= 15 is 0 Å². The zero-order valence-corrected chi connectivity index (χ0v) is 15.5. The van der Waals surface area contributed by atoms with Crippen LogP contribution >= 0.6 is 24.0 Å². The van der Waals surface area contributed by atoms with E-state index in [-0.39, 0.29) is 24.0 Å². The molecule has 1 aromatic carbocycles. The second-order valence-electron chi connectivity index (χ2n) is 5.08. The van der Waals surface area contributed by atoms with Gasteiger partial charge in [-0.05, 0) is 25.3 Å². The Morgan fingerprint density at radius 3 is 2.64 bits per heavy atom. The van der Waals surface area contributed by atoms with Crippen molar-refractivity contribution in [2.24, 2.45) is 4.99 Å². The van der Waals surface area contributed by atoms with Crippen LogP contribution in [-0.2, 0) is 11.3 Å². The molecule has 0 fully saturated rings. The Morgan fingerprint density at radius 2 is 1.95 bits per heavy atom. The molecule has 0 bridgehead atoms. The average molecular weight is 415 g/mol. The highest BCUT2D eigenvalue weighted by atomic mass is 127. The van der Waals surface area contributed by atoms with Crippen LogP contribution in [0.15, 0.2) is 47.5 Å². The molecule has 1 aliphatic carbocycles. The standard InChI is InChI=1S/C17H25N3O.HI/c1-2-18-17(20-16-10-6-7-11-16)19-12-13-21-14-15-8-4-3-5-9-15;/h3-9,16H,2,10-14H2,1H3,(H2,18,19,20);1H. The van der Waals surface area contributed by atoms with E-state index in [1.807, 2.05) is 18.2 Å². The van der Waals surface area contributed by atoms with Crippen molar-refractivity contribution in [1.82, 2.24) is 10.6 Å². The lowest BCUT2D eigenvalue weighted by atomic mass is 10.2. The van der Waals surface area contributed by atoms with Gasteiger partial charge in [-0.3, -0.25) is 4.99 Å². The average Bonchev–Trinajstić information content (AvgIpc) is 3.01. The number of ether oxygens (including phenoxy) is 1. The first-order valence-electron chi connectivity index (χ1n) is 7.70. The number of hydrogen-bond acceptors (Lipinski definition) is 2. The Labute approximate surface area is 150 Å². The summed E-state index contributed by atoms with van der Waals surface area (Å²) < 4.78 is 5.64. The molecule has 0 unspecified atom stereocenters. The molecule has 0 saturated heterocycles. The molecule has 122 valence electrons. The first kappa shape index (κ1) is 19.0. The van der Waals surface area contributed by atoms with Crippen LogP contribution in [0.3, 0.4) is 0 Å². The fourth-order valence-electron chi connectivity index (χ4n) is 2.23. The lowest BCUT2D eigenvalue weighted by Crippen LogP contribution is -2.42. The monoisotopic (exact) mass is 415 g/mol. The number of benzene rings is 1. The molecule has 0 radical (unpaired) electrons. The molecule has 0 aromatic heterocycles. The number of hydrogen-bond donors (Lipinski definition) is 2. The first-order chi connectivity index (χ1) is 10.4. The molecule has 1 aliphatic rings. The Kier molecular flexibility index (Phi) is 9.90. The van der Waals surface area contributed by atoms with Gasteiger partial charge in [-0.15, -0.1) is 24.0 Å². The van der Waals surface area contributed by atoms with Crippen molar-refractivity contribution in [3.05, 3.63) is 48.0 Å². The third-order valence-corrected chi connectivity index (χ3v) is 3.31. The molecular weight excluding hydrogens is 389 g/mol. The number of halogens is 1. The van der Waals surface area contributed by atoms with E-state index in [0.29, 0.717) is 25.8 Å². The van der Waals surface area contributed by atoms with Crippen LogP contribution in [0.1, 0.15) is 25.3 Å². The summed E-state index contributed by atoms with van der Waals surface area (Å²) in [6.45, 7) is 4.90. The summed E-state index contributed by atoms with van der Waals surface area (Å²) >= 11 is 0. The maximum absolute atomic E-state index is 5.64. The van der Waals surface area contributed by atoms with Crippen LogP contribution in [0.5, 0.6) is 0 Å². The zero-order valence-electron chi connectivity index (χ0n) is 13.1. The molecule has 0 aliphatic heterocycles. The molecule has 0 atom stereocenters. The molecule has 0 amide bonds. The fraction of sp³-hybridized carbons (Fsp3) is 0.471. The molecule has 4 nitrogen and oxygen atoms in total. The smallest absolute Gasteiger partial charge is 0.191 e. The van der Waals surface area contributed by atoms with E-state index < -0.39 is 0 Å². The molecule has 0 saturated carbocycles. The minimum absolute atomic E-state index is 0. The first-order valence-corrected chi connectivity index (χ1v) is 7.70. The summed E-state index contributed by atoms with van der Waals surface area (Å²) in [5.41, 5.74) is 1.20. The fourth-order valence-corrected chi connectivity index (χ4v) is 2.23. The van der Waals surface area contributed by atoms with Crippen LogP contribution in [0.2, 0.25) is 0 Å². The van der Waals surface area contributed by atoms with E-state index in [2.05, 4.69) is 46.8 Å². The van der Waals surface area contributed by atoms with Gasteiger partial charge >= 0.3 is 0 Å². The molecular formula is C17H26IN3O. The van der Waals surface area contributed by atoms with Gasteiger partial charge in [0, 0.05) is 12.6 Å². The predicted molar refractivity (Wildman–Crippen MR) is 103 cm³/mol. The van der Waals surface area contributed by atoms with Gasteiger partial charge in [0.2, 0.25) is 0 Å². The van der Waals surface area contributed by atoms with Crippen LogP contribution in [0, 0.1) is 0 Å². The minimum atomic E-state index is 0. The maximum atomic E-state index is 5.64. The summed E-state index contributed by atoms with van der Waals surface area (Å²) in [5.74, 6) is 0.884. The quantitative estimate of drug-likeness (QED) is 0.237. The Morgan fingerprint density at radius 1 is 1.23 bits per heavy atom. The molecule has 2 rings (SSSR count). The van der Waals surface area contributed by atoms with E-state index in [0.717, 1.165) is 25.3 Å². The van der Waals surface area contributed by atoms with Gasteiger partial charge in [-0.2, -0.15) is 0 Å². The lowest BCUT2D eigenvalue weighted by molar-refractivity contribution is 0.128. The second-order valence-corrected chi connectivity index (χ2v) is 5.08. The van der Waals surface area contributed by atoms with Gasteiger partial charge in [-0.1, -0.05) is 42.5 Å². The third kappa shape index (κ3) is 7.26. The van der Waals surface area contributed by atoms with E-state index in [1.165, 1.54) is 5.56 Å². The lowest BCUT2D eigenvalue weighted by Gasteiger charge is -2.16. The van der Waals surface area contributed by atoms with Gasteiger partial charge in [0.25, 0.3) is 0 Å². The molecule has 5 heteroatoms. The van der Waals surface area contributed by atoms with Crippen LogP contribution < -0.4 is 10.6 Å². The second kappa shape index (κ2) is 11.5. The highest BCUT2D eigenvalue weighted by Crippen LogP contribution is 2.08. The number of nitrogens with one attached hydrogen (secondary N) is 2.